The smallest absolute Gasteiger partial charge is 0.0843 e. The predicted molar refractivity (Wildman–Crippen MR) is 99.4 cm³/mol. The van der Waals surface area contributed by atoms with E-state index in [1.165, 1.54) is 10.4 Å². The summed E-state index contributed by atoms with van der Waals surface area (Å²) in [4.78, 5) is 1.26. The molecule has 1 nitrogen and oxygen atoms in total. The van der Waals surface area contributed by atoms with E-state index in [1.807, 2.05) is 6.07 Å². The molecule has 1 unspecified atom stereocenters. The summed E-state index contributed by atoms with van der Waals surface area (Å²) in [5.74, 6) is 0. The Bertz CT molecular complexity index is 569. The second kappa shape index (κ2) is 7.22. The summed E-state index contributed by atoms with van der Waals surface area (Å²) in [5, 5.41) is 4.31. The molecule has 0 bridgehead atoms. The minimum atomic E-state index is 0.173. The summed E-state index contributed by atoms with van der Waals surface area (Å²) in [5.41, 5.74) is 1.19. The summed E-state index contributed by atoms with van der Waals surface area (Å²) in [6.07, 6.45) is 0. The topological polar surface area (TPSA) is 12.0 Å². The number of benzene rings is 1. The van der Waals surface area contributed by atoms with Gasteiger partial charge in [0.25, 0.3) is 0 Å². The van der Waals surface area contributed by atoms with Gasteiger partial charge in [0.05, 0.1) is 14.9 Å². The van der Waals surface area contributed by atoms with Gasteiger partial charge < -0.3 is 5.32 Å². The fourth-order valence-corrected chi connectivity index (χ4v) is 4.50. The fourth-order valence-electron chi connectivity index (χ4n) is 1.78. The van der Waals surface area contributed by atoms with Crippen LogP contribution in [0.3, 0.4) is 0 Å². The molecule has 1 N–H and O–H groups in total. The van der Waals surface area contributed by atoms with Gasteiger partial charge in [0.15, 0.2) is 0 Å². The van der Waals surface area contributed by atoms with E-state index in [1.54, 1.807) is 11.3 Å². The van der Waals surface area contributed by atoms with Gasteiger partial charge in [-0.1, -0.05) is 24.6 Å². The molecule has 102 valence electrons. The van der Waals surface area contributed by atoms with E-state index in [-0.39, 0.29) is 6.04 Å². The monoisotopic (exact) mass is 533 g/mol. The number of nitrogens with one attached hydrogen (secondary N) is 1. The van der Waals surface area contributed by atoms with Crippen molar-refractivity contribution in [3.63, 3.8) is 0 Å². The van der Waals surface area contributed by atoms with E-state index in [0.717, 1.165) is 23.4 Å². The van der Waals surface area contributed by atoms with Crippen LogP contribution in [-0.4, -0.2) is 6.54 Å². The molecule has 0 saturated carbocycles. The van der Waals surface area contributed by atoms with Gasteiger partial charge >= 0.3 is 0 Å². The molecule has 0 saturated heterocycles. The Hall–Kier alpha value is 0.860. The number of hydrogen-bond acceptors (Lipinski definition) is 2. The summed E-state index contributed by atoms with van der Waals surface area (Å²) in [7, 11) is 0. The zero-order chi connectivity index (χ0) is 14.0. The normalized spacial score (nSPS) is 12.7. The van der Waals surface area contributed by atoms with Gasteiger partial charge in [0.1, 0.15) is 0 Å². The molecular weight excluding hydrogens is 524 g/mol. The maximum atomic E-state index is 6.23. The van der Waals surface area contributed by atoms with Gasteiger partial charge in [-0.05, 0) is 84.8 Å². The summed E-state index contributed by atoms with van der Waals surface area (Å²) < 4.78 is 3.28. The van der Waals surface area contributed by atoms with Gasteiger partial charge in [0, 0.05) is 12.9 Å². The van der Waals surface area contributed by atoms with E-state index in [9.17, 15) is 0 Å². The average molecular weight is 535 g/mol. The molecule has 0 aliphatic rings. The van der Waals surface area contributed by atoms with Crippen molar-refractivity contribution in [2.45, 2.75) is 13.0 Å². The Kier molecular flexibility index (Phi) is 6.17. The van der Waals surface area contributed by atoms with Crippen molar-refractivity contribution < 1.29 is 0 Å². The Morgan fingerprint density at radius 2 is 2.11 bits per heavy atom. The SMILES string of the molecule is CCNC(c1ccc(I)c(Cl)c1)c1cc(Br)c(Br)s1. The Balaban J connectivity index is 2.41. The van der Waals surface area contributed by atoms with Gasteiger partial charge in [-0.2, -0.15) is 0 Å². The van der Waals surface area contributed by atoms with Crippen LogP contribution in [0.25, 0.3) is 0 Å². The molecular formula is C13H11Br2ClINS. The third-order valence-electron chi connectivity index (χ3n) is 2.63. The molecule has 0 aliphatic heterocycles. The van der Waals surface area contributed by atoms with Gasteiger partial charge in [-0.15, -0.1) is 11.3 Å². The molecule has 1 heterocycles. The van der Waals surface area contributed by atoms with E-state index in [2.05, 4.69) is 84.9 Å². The summed E-state index contributed by atoms with van der Waals surface area (Å²) >= 11 is 17.3. The van der Waals surface area contributed by atoms with Crippen LogP contribution in [0.4, 0.5) is 0 Å². The first-order chi connectivity index (χ1) is 9.02. The molecule has 0 aliphatic carbocycles. The molecule has 0 spiro atoms. The predicted octanol–water partition coefficient (Wildman–Crippen LogP) is 6.23. The maximum absolute atomic E-state index is 6.23. The molecule has 1 aromatic carbocycles. The molecule has 2 aromatic rings. The minimum Gasteiger partial charge on any atom is -0.306 e. The number of halogens is 4. The minimum absolute atomic E-state index is 0.173. The van der Waals surface area contributed by atoms with E-state index in [0.29, 0.717) is 0 Å². The van der Waals surface area contributed by atoms with Crippen LogP contribution in [0.1, 0.15) is 23.4 Å². The zero-order valence-electron chi connectivity index (χ0n) is 10.0. The first-order valence-corrected chi connectivity index (χ1v) is 9.52. The molecule has 0 fully saturated rings. The quantitative estimate of drug-likeness (QED) is 0.458. The fraction of sp³-hybridized carbons (Fsp3) is 0.231. The Morgan fingerprint density at radius 1 is 1.37 bits per heavy atom. The molecule has 0 radical (unpaired) electrons. The Labute approximate surface area is 152 Å². The van der Waals surface area contributed by atoms with Gasteiger partial charge in [-0.3, -0.25) is 0 Å². The molecule has 1 aromatic heterocycles. The van der Waals surface area contributed by atoms with E-state index < -0.39 is 0 Å². The zero-order valence-corrected chi connectivity index (χ0v) is 16.9. The summed E-state index contributed by atoms with van der Waals surface area (Å²) in [6.45, 7) is 3.01. The van der Waals surface area contributed by atoms with Crippen molar-refractivity contribution in [3.8, 4) is 0 Å². The van der Waals surface area contributed by atoms with E-state index in [4.69, 9.17) is 11.6 Å². The molecule has 1 atom stereocenters. The average Bonchev–Trinajstić information content (AvgIpc) is 2.70. The number of rotatable bonds is 4. The number of thiophene rings is 1. The van der Waals surface area contributed by atoms with Crippen LogP contribution in [0.2, 0.25) is 5.02 Å². The largest absolute Gasteiger partial charge is 0.306 e. The van der Waals surface area contributed by atoms with Crippen LogP contribution in [0.15, 0.2) is 32.5 Å². The lowest BCUT2D eigenvalue weighted by molar-refractivity contribution is 0.639. The number of hydrogen-bond donors (Lipinski definition) is 1. The standard InChI is InChI=1S/C13H11Br2ClINS/c1-2-18-12(11-6-8(14)13(15)19-11)7-3-4-10(17)9(16)5-7/h3-6,12,18H,2H2,1H3. The van der Waals surface area contributed by atoms with Crippen LogP contribution in [0, 0.1) is 3.57 Å². The lowest BCUT2D eigenvalue weighted by atomic mass is 10.1. The molecule has 2 rings (SSSR count). The molecule has 6 heteroatoms. The lowest BCUT2D eigenvalue weighted by Gasteiger charge is -2.17. The first kappa shape index (κ1) is 16.2. The first-order valence-electron chi connectivity index (χ1n) is 5.66. The van der Waals surface area contributed by atoms with Crippen LogP contribution >= 0.6 is 77.4 Å². The lowest BCUT2D eigenvalue weighted by Crippen LogP contribution is -2.21. The third kappa shape index (κ3) is 3.95. The highest BCUT2D eigenvalue weighted by atomic mass is 127. The maximum Gasteiger partial charge on any atom is 0.0843 e. The van der Waals surface area contributed by atoms with Crippen molar-refractivity contribution in [1.82, 2.24) is 5.32 Å². The molecule has 0 amide bonds. The highest BCUT2D eigenvalue weighted by Crippen LogP contribution is 2.38. The van der Waals surface area contributed by atoms with Crippen LogP contribution in [-0.2, 0) is 0 Å². The van der Waals surface area contributed by atoms with E-state index >= 15 is 0 Å². The second-order valence-electron chi connectivity index (χ2n) is 3.93. The van der Waals surface area contributed by atoms with Gasteiger partial charge in [-0.25, -0.2) is 0 Å². The van der Waals surface area contributed by atoms with Gasteiger partial charge in [0.2, 0.25) is 0 Å². The van der Waals surface area contributed by atoms with Crippen LogP contribution in [0.5, 0.6) is 0 Å². The summed E-state index contributed by atoms with van der Waals surface area (Å²) in [6, 6.07) is 8.54. The molecule has 19 heavy (non-hydrogen) atoms. The van der Waals surface area contributed by atoms with Crippen LogP contribution < -0.4 is 5.32 Å². The Morgan fingerprint density at radius 3 is 2.63 bits per heavy atom. The van der Waals surface area contributed by atoms with Crippen molar-refractivity contribution in [3.05, 3.63) is 51.6 Å². The third-order valence-corrected chi connectivity index (χ3v) is 7.53. The van der Waals surface area contributed by atoms with Crippen molar-refractivity contribution >= 4 is 77.4 Å². The highest BCUT2D eigenvalue weighted by Gasteiger charge is 2.17. The van der Waals surface area contributed by atoms with Crippen molar-refractivity contribution in [2.24, 2.45) is 0 Å². The highest BCUT2D eigenvalue weighted by molar-refractivity contribution is 14.1. The van der Waals surface area contributed by atoms with Crippen molar-refractivity contribution in [2.75, 3.05) is 6.54 Å². The second-order valence-corrected chi connectivity index (χ2v) is 8.76. The van der Waals surface area contributed by atoms with Crippen molar-refractivity contribution in [1.29, 1.82) is 0 Å².